The number of amides is 1. The number of nitrogens with two attached hydrogens (primary N) is 1. The molecule has 2 aliphatic rings. The third kappa shape index (κ3) is 22.2. The van der Waals surface area contributed by atoms with E-state index in [9.17, 15) is 84.9 Å². The normalized spacial score (nSPS) is 15.0. The lowest BCUT2D eigenvalue weighted by atomic mass is 9.97. The first kappa shape index (κ1) is 93.4. The van der Waals surface area contributed by atoms with Gasteiger partial charge in [0.25, 0.3) is 0 Å². The lowest BCUT2D eigenvalue weighted by Gasteiger charge is -2.21. The number of anilines is 2. The summed E-state index contributed by atoms with van der Waals surface area (Å²) in [6, 6.07) is 22.1. The number of esters is 1. The second-order valence-corrected chi connectivity index (χ2v) is 30.8. The molecule has 2 fully saturated rings. The monoisotopic (exact) mass is 1730 g/mol. The highest BCUT2D eigenvalue weighted by molar-refractivity contribution is 5.99. The topological polar surface area (TPSA) is 235 Å². The number of ether oxygens (including phenoxy) is 1. The van der Waals surface area contributed by atoms with Gasteiger partial charge >= 0.3 is 30.7 Å². The quantitative estimate of drug-likeness (QED) is 0.0504. The molecule has 0 saturated carbocycles. The van der Waals surface area contributed by atoms with Gasteiger partial charge in [-0.05, 0) is 192 Å². The number of nitrogen functional groups attached to an aromatic ring is 1. The van der Waals surface area contributed by atoms with Crippen LogP contribution >= 0.6 is 0 Å². The number of aliphatic hydroxyl groups is 1. The molecule has 3 N–H and O–H groups in total. The number of rotatable bonds is 21. The van der Waals surface area contributed by atoms with Gasteiger partial charge in [-0.2, -0.15) is 73.1 Å². The number of nitrogens with zero attached hydrogens (tertiary/aromatic N) is 17. The minimum atomic E-state index is -4.57. The Bertz CT molecular complexity index is 5370. The number of aromatic nitrogens is 16. The van der Waals surface area contributed by atoms with Crippen molar-refractivity contribution in [1.29, 1.82) is 0 Å². The van der Waals surface area contributed by atoms with Crippen molar-refractivity contribution in [3.05, 3.63) is 250 Å². The van der Waals surface area contributed by atoms with Gasteiger partial charge in [-0.3, -0.25) is 4.79 Å². The summed E-state index contributed by atoms with van der Waals surface area (Å²) in [4.78, 5) is 40.3. The molecule has 10 heterocycles. The highest BCUT2D eigenvalue weighted by Gasteiger charge is 2.43. The van der Waals surface area contributed by atoms with Crippen LogP contribution in [0.2, 0.25) is 0 Å². The van der Waals surface area contributed by atoms with Crippen LogP contribution in [0.5, 0.6) is 0 Å². The summed E-state index contributed by atoms with van der Waals surface area (Å²) in [7, 11) is 0. The van der Waals surface area contributed by atoms with Crippen LogP contribution in [-0.2, 0) is 51.9 Å². The van der Waals surface area contributed by atoms with Crippen molar-refractivity contribution < 1.29 is 89.7 Å². The fraction of sp³-hybridized carbons (Fsp3) is 0.412. The third-order valence-corrected chi connectivity index (χ3v) is 20.5. The zero-order valence-electron chi connectivity index (χ0n) is 69.4. The average molecular weight is 1740 g/mol. The zero-order chi connectivity index (χ0) is 90.2. The number of benzene rings is 4. The summed E-state index contributed by atoms with van der Waals surface area (Å²) in [5.74, 6) is -0.777. The number of carbonyl (C=O) groups is 2. The summed E-state index contributed by atoms with van der Waals surface area (Å²) in [5.41, 5.74) is 11.6. The smallest absolute Gasteiger partial charge is 0.434 e. The first-order valence-electron chi connectivity index (χ1n) is 39.5. The van der Waals surface area contributed by atoms with Gasteiger partial charge in [-0.15, -0.1) is 0 Å². The Balaban J connectivity index is 0.000000165. The van der Waals surface area contributed by atoms with E-state index in [2.05, 4.69) is 40.3 Å². The molecular formula is C85H94F16N18O4. The minimum absolute atomic E-state index is 0.0128. The molecule has 0 radical (unpaired) electrons. The van der Waals surface area contributed by atoms with Crippen molar-refractivity contribution >= 4 is 23.3 Å². The van der Waals surface area contributed by atoms with Crippen LogP contribution in [0, 0.1) is 51.0 Å². The minimum Gasteiger partial charge on any atom is -0.464 e. The number of cyclic esters (lactones) is 1. The standard InChI is InChI=1S/C22H26F4N4.C21H21F4N5O.C21H24F4N4O.C12H14FN3.C9H9F3N2O2/c1-5-6-19(29-13-20(22(24,25)26)28-15(29)4)11-16-12-27-30(21(16)14(2)3)18-9-7-17(23)8-10-18;1-12(2)19-17(10-26-30(19)15-6-4-14(22)5-7-15)28-9-8-16(20(28)31)29-11-18(21(23,24)25)27-13(29)3;1-13(2)20-15(11-26-29(20)17-6-4-16(22)5-7-17)10-18(8-9-30)28-12-19(21(23,24)25)27-14(28)3;1-8(2)12-11(14)7-15-16(12)10-5-3-9(13)4-6-10;1-5-13-7(9(10,11)12)4-14(5)6-2-3-16-8(6)15/h7-10,12-14,19H,5-6,11H2,1-4H3;4-7,10-12,16H,8-9H2,1-3H3;4-7,11-13,18,30H,8-10H2,1-3H3;3-8H,14H2,1-2H3;4,6H,2-3H2,1H3. The van der Waals surface area contributed by atoms with Gasteiger partial charge in [0.1, 0.15) is 58.7 Å². The molecule has 660 valence electrons. The van der Waals surface area contributed by atoms with Crippen LogP contribution in [0.25, 0.3) is 22.7 Å². The molecule has 22 nitrogen and oxygen atoms in total. The third-order valence-electron chi connectivity index (χ3n) is 20.5. The first-order valence-corrected chi connectivity index (χ1v) is 39.5. The van der Waals surface area contributed by atoms with Gasteiger partial charge in [-0.25, -0.2) is 61.0 Å². The molecule has 0 aliphatic carbocycles. The number of hydrogen-bond acceptors (Lipinski definition) is 13. The molecule has 4 atom stereocenters. The Labute approximate surface area is 698 Å². The summed E-state index contributed by atoms with van der Waals surface area (Å²) in [6.07, 6.45) is -4.10. The van der Waals surface area contributed by atoms with E-state index in [0.717, 1.165) is 76.5 Å². The number of alkyl halides is 12. The van der Waals surface area contributed by atoms with Crippen molar-refractivity contribution in [2.45, 2.75) is 207 Å². The maximum absolute atomic E-state index is 13.3. The second kappa shape index (κ2) is 38.7. The van der Waals surface area contributed by atoms with E-state index < -0.39 is 71.6 Å². The van der Waals surface area contributed by atoms with Gasteiger partial charge in [0.15, 0.2) is 22.8 Å². The summed E-state index contributed by atoms with van der Waals surface area (Å²) < 4.78 is 225. The highest BCUT2D eigenvalue weighted by atomic mass is 19.4. The van der Waals surface area contributed by atoms with Crippen LogP contribution in [-0.4, -0.2) is 114 Å². The van der Waals surface area contributed by atoms with Crippen molar-refractivity contribution in [2.75, 3.05) is 30.4 Å². The Kier molecular flexibility index (Phi) is 29.4. The molecule has 14 rings (SSSR count). The van der Waals surface area contributed by atoms with Gasteiger partial charge in [0.2, 0.25) is 5.91 Å². The summed E-state index contributed by atoms with van der Waals surface area (Å²) in [5, 5.41) is 27.1. The van der Waals surface area contributed by atoms with Crippen LogP contribution in [0.15, 0.2) is 147 Å². The molecule has 12 aromatic rings. The van der Waals surface area contributed by atoms with E-state index in [-0.39, 0.29) is 96.0 Å². The number of hydrogen-bond donors (Lipinski definition) is 2. The number of aryl methyl sites for hydroxylation is 4. The molecule has 2 saturated heterocycles. The van der Waals surface area contributed by atoms with Gasteiger partial charge in [0, 0.05) is 56.4 Å². The molecule has 4 aromatic carbocycles. The molecule has 0 bridgehead atoms. The van der Waals surface area contributed by atoms with Crippen molar-refractivity contribution in [1.82, 2.24) is 77.3 Å². The molecule has 38 heteroatoms. The summed E-state index contributed by atoms with van der Waals surface area (Å²) in [6.45, 7) is 24.5. The SMILES string of the molecule is CC(C)c1c(N)cnn1-c1ccc(F)cc1.CCCC(Cc1cnn(-c2ccc(F)cc2)c1C(C)C)n1cc(C(F)(F)F)nc1C.Cc1nc(C(F)(F)F)cn1C(CCO)Cc1cnn(-c2ccc(F)cc2)c1C(C)C.Cc1nc(C(F)(F)F)cn1C1CCN(c2cnn(-c3ccc(F)cc3)c2C(C)C)C1=O.Cc1nc(C(F)(F)F)cn1C1CCOC1=O. The van der Waals surface area contributed by atoms with Crippen LogP contribution < -0.4 is 10.6 Å². The Morgan fingerprint density at radius 1 is 0.439 bits per heavy atom. The van der Waals surface area contributed by atoms with E-state index in [1.54, 1.807) is 108 Å². The number of imidazole rings is 4. The largest absolute Gasteiger partial charge is 0.464 e. The predicted molar refractivity (Wildman–Crippen MR) is 425 cm³/mol. The van der Waals surface area contributed by atoms with Gasteiger partial charge < -0.3 is 38.7 Å². The van der Waals surface area contributed by atoms with Crippen LogP contribution in [0.4, 0.5) is 81.6 Å². The predicted octanol–water partition coefficient (Wildman–Crippen LogP) is 20.1. The fourth-order valence-corrected chi connectivity index (χ4v) is 15.0. The average Bonchev–Trinajstić information content (AvgIpc) is 1.61. The number of carbonyl (C=O) groups excluding carboxylic acids is 2. The summed E-state index contributed by atoms with van der Waals surface area (Å²) >= 11 is 0. The molecule has 2 aliphatic heterocycles. The van der Waals surface area contributed by atoms with Crippen LogP contribution in [0.3, 0.4) is 0 Å². The van der Waals surface area contributed by atoms with Gasteiger partial charge in [-0.1, -0.05) is 68.7 Å². The zero-order valence-corrected chi connectivity index (χ0v) is 69.4. The van der Waals surface area contributed by atoms with E-state index in [1.807, 2.05) is 62.3 Å². The van der Waals surface area contributed by atoms with E-state index in [0.29, 0.717) is 67.2 Å². The van der Waals surface area contributed by atoms with E-state index in [1.165, 1.54) is 83.0 Å². The molecule has 1 amide bonds. The van der Waals surface area contributed by atoms with Crippen LogP contribution in [0.1, 0.15) is 222 Å². The van der Waals surface area contributed by atoms with Crippen molar-refractivity contribution in [2.24, 2.45) is 0 Å². The lowest BCUT2D eigenvalue weighted by Crippen LogP contribution is -2.29. The number of halogens is 16. The molecule has 0 spiro atoms. The number of aliphatic hydroxyl groups excluding tert-OH is 1. The second-order valence-electron chi connectivity index (χ2n) is 30.8. The van der Waals surface area contributed by atoms with Gasteiger partial charge in [0.05, 0.1) is 88.3 Å². The molecule has 123 heavy (non-hydrogen) atoms. The highest BCUT2D eigenvalue weighted by Crippen LogP contribution is 2.41. The Hall–Kier alpha value is -11.9. The Morgan fingerprint density at radius 2 is 0.772 bits per heavy atom. The van der Waals surface area contributed by atoms with Crippen molar-refractivity contribution in [3.63, 3.8) is 0 Å². The van der Waals surface area contributed by atoms with E-state index in [4.69, 9.17) is 10.5 Å². The Morgan fingerprint density at radius 3 is 1.11 bits per heavy atom. The molecular weight excluding hydrogens is 1640 g/mol. The molecule has 4 unspecified atom stereocenters. The van der Waals surface area contributed by atoms with E-state index >= 15 is 0 Å². The van der Waals surface area contributed by atoms with Crippen molar-refractivity contribution in [3.8, 4) is 22.7 Å². The maximum atomic E-state index is 13.3. The lowest BCUT2D eigenvalue weighted by molar-refractivity contribution is -0.142. The maximum Gasteiger partial charge on any atom is 0.434 e. The fourth-order valence-electron chi connectivity index (χ4n) is 15.0. The first-order chi connectivity index (χ1) is 57.8. The molecule has 8 aromatic heterocycles.